The molecule has 0 fully saturated rings. The van der Waals surface area contributed by atoms with Crippen LogP contribution in [0, 0.1) is 19.7 Å². The number of benzene rings is 3. The van der Waals surface area contributed by atoms with Crippen LogP contribution in [0.4, 0.5) is 4.39 Å². The molecule has 1 aromatic heterocycles. The number of hydrogen-bond donors (Lipinski definition) is 0. The van der Waals surface area contributed by atoms with Crippen molar-refractivity contribution in [1.29, 1.82) is 0 Å². The monoisotopic (exact) mass is 389 g/mol. The third-order valence-electron chi connectivity index (χ3n) is 4.71. The molecule has 0 atom stereocenters. The van der Waals surface area contributed by atoms with E-state index in [-0.39, 0.29) is 5.82 Å². The molecule has 3 aromatic carbocycles. The van der Waals surface area contributed by atoms with Gasteiger partial charge in [-0.05, 0) is 60.9 Å². The van der Waals surface area contributed by atoms with Crippen molar-refractivity contribution in [2.24, 2.45) is 0 Å². The van der Waals surface area contributed by atoms with Gasteiger partial charge >= 0.3 is 0 Å². The minimum Gasteiger partial charge on any atom is -0.270 e. The lowest BCUT2D eigenvalue weighted by molar-refractivity contribution is 0.628. The van der Waals surface area contributed by atoms with Crippen molar-refractivity contribution < 1.29 is 4.39 Å². The molecule has 28 heavy (non-hydrogen) atoms. The molecule has 4 rings (SSSR count). The molecule has 0 amide bonds. The van der Waals surface area contributed by atoms with Gasteiger partial charge in [-0.2, -0.15) is 0 Å². The first-order chi connectivity index (χ1) is 13.6. The zero-order valence-corrected chi connectivity index (χ0v) is 16.6. The molecule has 0 bridgehead atoms. The molecular formula is C23H20FN3S. The highest BCUT2D eigenvalue weighted by Gasteiger charge is 2.17. The fraction of sp³-hybridized carbons (Fsp3) is 0.130. The second-order valence-corrected chi connectivity index (χ2v) is 7.59. The first kappa shape index (κ1) is 18.4. The molecule has 0 N–H and O–H groups in total. The van der Waals surface area contributed by atoms with Crippen molar-refractivity contribution in [2.75, 3.05) is 0 Å². The van der Waals surface area contributed by atoms with E-state index in [2.05, 4.69) is 58.9 Å². The normalized spacial score (nSPS) is 11.0. The number of aromatic nitrogens is 3. The molecule has 1 heterocycles. The van der Waals surface area contributed by atoms with E-state index in [1.54, 1.807) is 23.9 Å². The van der Waals surface area contributed by atoms with Crippen molar-refractivity contribution in [3.05, 3.63) is 95.3 Å². The Bertz CT molecular complexity index is 1100. The van der Waals surface area contributed by atoms with E-state index in [9.17, 15) is 4.39 Å². The van der Waals surface area contributed by atoms with Gasteiger partial charge in [-0.3, -0.25) is 4.57 Å². The Morgan fingerprint density at radius 3 is 2.21 bits per heavy atom. The Morgan fingerprint density at radius 2 is 1.50 bits per heavy atom. The zero-order chi connectivity index (χ0) is 19.5. The van der Waals surface area contributed by atoms with Gasteiger partial charge < -0.3 is 0 Å². The number of rotatable bonds is 5. The highest BCUT2D eigenvalue weighted by atomic mass is 32.2. The fourth-order valence-corrected chi connectivity index (χ4v) is 4.12. The van der Waals surface area contributed by atoms with E-state index in [1.165, 1.54) is 23.3 Å². The van der Waals surface area contributed by atoms with Crippen LogP contribution in [-0.4, -0.2) is 14.8 Å². The van der Waals surface area contributed by atoms with Crippen LogP contribution in [0.25, 0.3) is 17.1 Å². The predicted octanol–water partition coefficient (Wildman–Crippen LogP) is 5.98. The molecule has 0 unspecified atom stereocenters. The van der Waals surface area contributed by atoms with Gasteiger partial charge in [0.05, 0.1) is 5.69 Å². The summed E-state index contributed by atoms with van der Waals surface area (Å²) in [6.07, 6.45) is 0. The fourth-order valence-electron chi connectivity index (χ4n) is 3.10. The van der Waals surface area contributed by atoms with Crippen molar-refractivity contribution >= 4 is 11.8 Å². The quantitative estimate of drug-likeness (QED) is 0.393. The molecule has 5 heteroatoms. The SMILES string of the molecule is Cc1ccccc1CSc1nnc(-c2ccc(F)cc2)n1-c1ccccc1C. The summed E-state index contributed by atoms with van der Waals surface area (Å²) in [5, 5.41) is 9.71. The highest BCUT2D eigenvalue weighted by Crippen LogP contribution is 2.31. The topological polar surface area (TPSA) is 30.7 Å². The second-order valence-electron chi connectivity index (χ2n) is 6.65. The molecule has 3 nitrogen and oxygen atoms in total. The molecule has 140 valence electrons. The lowest BCUT2D eigenvalue weighted by Gasteiger charge is -2.13. The third-order valence-corrected chi connectivity index (χ3v) is 5.69. The third kappa shape index (κ3) is 3.71. The Hall–Kier alpha value is -2.92. The number of para-hydroxylation sites is 1. The molecule has 0 aliphatic rings. The summed E-state index contributed by atoms with van der Waals surface area (Å²) in [6.45, 7) is 4.19. The van der Waals surface area contributed by atoms with Gasteiger partial charge in [0.1, 0.15) is 5.82 Å². The van der Waals surface area contributed by atoms with Crippen molar-refractivity contribution in [3.8, 4) is 17.1 Å². The van der Waals surface area contributed by atoms with Gasteiger partial charge in [0.25, 0.3) is 0 Å². The first-order valence-corrected chi connectivity index (χ1v) is 10.1. The lowest BCUT2D eigenvalue weighted by Crippen LogP contribution is -2.02. The summed E-state index contributed by atoms with van der Waals surface area (Å²) in [5.41, 5.74) is 5.52. The van der Waals surface area contributed by atoms with Gasteiger partial charge in [0.15, 0.2) is 11.0 Å². The maximum absolute atomic E-state index is 13.4. The number of hydrogen-bond acceptors (Lipinski definition) is 3. The van der Waals surface area contributed by atoms with Crippen molar-refractivity contribution in [1.82, 2.24) is 14.8 Å². The molecule has 0 saturated carbocycles. The number of nitrogens with zero attached hydrogens (tertiary/aromatic N) is 3. The van der Waals surface area contributed by atoms with Crippen molar-refractivity contribution in [3.63, 3.8) is 0 Å². The molecule has 0 aliphatic heterocycles. The van der Waals surface area contributed by atoms with Gasteiger partial charge in [-0.15, -0.1) is 10.2 Å². The summed E-state index contributed by atoms with van der Waals surface area (Å²) in [5.74, 6) is 1.25. The van der Waals surface area contributed by atoms with Gasteiger partial charge in [-0.25, -0.2) is 4.39 Å². The van der Waals surface area contributed by atoms with Crippen LogP contribution in [0.1, 0.15) is 16.7 Å². The minimum absolute atomic E-state index is 0.264. The van der Waals surface area contributed by atoms with E-state index < -0.39 is 0 Å². The Labute approximate surface area is 168 Å². The second kappa shape index (κ2) is 7.98. The first-order valence-electron chi connectivity index (χ1n) is 9.08. The molecule has 0 saturated heterocycles. The van der Waals surface area contributed by atoms with Crippen LogP contribution < -0.4 is 0 Å². The van der Waals surface area contributed by atoms with E-state index in [1.807, 2.05) is 18.2 Å². The van der Waals surface area contributed by atoms with Gasteiger partial charge in [-0.1, -0.05) is 54.2 Å². The number of thioether (sulfide) groups is 1. The van der Waals surface area contributed by atoms with Crippen LogP contribution in [0.15, 0.2) is 78.0 Å². The van der Waals surface area contributed by atoms with E-state index in [4.69, 9.17) is 0 Å². The Balaban J connectivity index is 1.77. The zero-order valence-electron chi connectivity index (χ0n) is 15.8. The molecule has 0 aliphatic carbocycles. The van der Waals surface area contributed by atoms with E-state index in [0.29, 0.717) is 5.82 Å². The van der Waals surface area contributed by atoms with Gasteiger partial charge in [0, 0.05) is 11.3 Å². The predicted molar refractivity (Wildman–Crippen MR) is 112 cm³/mol. The maximum Gasteiger partial charge on any atom is 0.196 e. The van der Waals surface area contributed by atoms with Crippen LogP contribution >= 0.6 is 11.8 Å². The minimum atomic E-state index is -0.264. The Kier molecular flexibility index (Phi) is 5.26. The lowest BCUT2D eigenvalue weighted by atomic mass is 10.1. The van der Waals surface area contributed by atoms with Crippen molar-refractivity contribution in [2.45, 2.75) is 24.8 Å². The number of halogens is 1. The van der Waals surface area contributed by atoms with Crippen LogP contribution in [0.2, 0.25) is 0 Å². The average molecular weight is 389 g/mol. The maximum atomic E-state index is 13.4. The van der Waals surface area contributed by atoms with E-state index >= 15 is 0 Å². The smallest absolute Gasteiger partial charge is 0.196 e. The van der Waals surface area contributed by atoms with E-state index in [0.717, 1.165) is 27.7 Å². The molecule has 4 aromatic rings. The molecule has 0 radical (unpaired) electrons. The Morgan fingerprint density at radius 1 is 0.821 bits per heavy atom. The highest BCUT2D eigenvalue weighted by molar-refractivity contribution is 7.98. The molecule has 0 spiro atoms. The van der Waals surface area contributed by atoms with Gasteiger partial charge in [0.2, 0.25) is 0 Å². The summed E-state index contributed by atoms with van der Waals surface area (Å²) >= 11 is 1.65. The summed E-state index contributed by atoms with van der Waals surface area (Å²) in [6, 6.07) is 22.9. The standard InChI is InChI=1S/C23H20FN3S/c1-16-7-3-5-9-19(16)15-28-23-26-25-22(18-11-13-20(24)14-12-18)27(23)21-10-6-4-8-17(21)2/h3-14H,15H2,1-2H3. The largest absolute Gasteiger partial charge is 0.270 e. The van der Waals surface area contributed by atoms with Crippen LogP contribution in [0.5, 0.6) is 0 Å². The summed E-state index contributed by atoms with van der Waals surface area (Å²) < 4.78 is 15.5. The average Bonchev–Trinajstić information content (AvgIpc) is 3.12. The van der Waals surface area contributed by atoms with Crippen LogP contribution in [-0.2, 0) is 5.75 Å². The summed E-state index contributed by atoms with van der Waals surface area (Å²) in [4.78, 5) is 0. The number of aryl methyl sites for hydroxylation is 2. The summed E-state index contributed by atoms with van der Waals surface area (Å²) in [7, 11) is 0. The molecular weight excluding hydrogens is 369 g/mol. The van der Waals surface area contributed by atoms with Crippen LogP contribution in [0.3, 0.4) is 0 Å².